The molecule has 1 aliphatic carbocycles. The number of hydrogen-bond donors (Lipinski definition) is 0. The van der Waals surface area contributed by atoms with Crippen molar-refractivity contribution in [3.8, 4) is 5.88 Å². The molecule has 108 valence electrons. The van der Waals surface area contributed by atoms with Crippen LogP contribution < -0.4 is 4.74 Å². The van der Waals surface area contributed by atoms with Crippen molar-refractivity contribution in [3.05, 3.63) is 0 Å². The Hall–Kier alpha value is -0.330. The summed E-state index contributed by atoms with van der Waals surface area (Å²) in [6, 6.07) is 0.509. The Labute approximate surface area is 124 Å². The van der Waals surface area contributed by atoms with Gasteiger partial charge in [-0.05, 0) is 45.5 Å². The van der Waals surface area contributed by atoms with Crippen molar-refractivity contribution in [2.24, 2.45) is 0 Å². The van der Waals surface area contributed by atoms with Gasteiger partial charge in [-0.25, -0.2) is 0 Å². The Morgan fingerprint density at radius 2 is 2.21 bits per heavy atom. The summed E-state index contributed by atoms with van der Waals surface area (Å²) in [5, 5.41) is 0.975. The van der Waals surface area contributed by atoms with Gasteiger partial charge in [-0.1, -0.05) is 25.1 Å². The molecule has 2 rings (SSSR count). The molecular weight excluding hydrogens is 278 g/mol. The minimum atomic E-state index is 0.268. The topological polar surface area (TPSA) is 38.3 Å². The second-order valence-corrected chi connectivity index (χ2v) is 6.81. The summed E-state index contributed by atoms with van der Waals surface area (Å²) in [6.07, 6.45) is 6.28. The molecule has 6 heteroatoms. The van der Waals surface area contributed by atoms with Gasteiger partial charge in [0.25, 0.3) is 5.88 Å². The summed E-state index contributed by atoms with van der Waals surface area (Å²) in [5.74, 6) is 1.85. The molecule has 0 amide bonds. The molecule has 0 bridgehead atoms. The standard InChI is InChI=1S/C13H23N3OS2/c1-4-5-9-18-13-12(14-19-15-13)17-11-8-6-7-10(11)16(2)3/h10-11H,4-9H2,1-3H3. The number of nitrogens with zero attached hydrogens (tertiary/aromatic N) is 3. The molecule has 0 N–H and O–H groups in total. The van der Waals surface area contributed by atoms with Crippen LogP contribution in [0.5, 0.6) is 5.88 Å². The van der Waals surface area contributed by atoms with Crippen LogP contribution in [-0.2, 0) is 0 Å². The Kier molecular flexibility index (Phi) is 5.91. The Morgan fingerprint density at radius 3 is 2.95 bits per heavy atom. The van der Waals surface area contributed by atoms with Crippen molar-refractivity contribution in [1.82, 2.24) is 13.6 Å². The average Bonchev–Trinajstić information content (AvgIpc) is 3.00. The fraction of sp³-hybridized carbons (Fsp3) is 0.846. The first-order chi connectivity index (χ1) is 9.22. The van der Waals surface area contributed by atoms with Crippen molar-refractivity contribution >= 4 is 23.5 Å². The van der Waals surface area contributed by atoms with Crippen LogP contribution in [0, 0.1) is 0 Å². The van der Waals surface area contributed by atoms with Crippen LogP contribution in [0.4, 0.5) is 0 Å². The molecule has 1 fully saturated rings. The molecule has 1 aromatic heterocycles. The van der Waals surface area contributed by atoms with Gasteiger partial charge >= 0.3 is 0 Å². The number of rotatable bonds is 7. The summed E-state index contributed by atoms with van der Waals surface area (Å²) in [4.78, 5) is 2.27. The summed E-state index contributed by atoms with van der Waals surface area (Å²) in [7, 11) is 4.26. The average molecular weight is 301 g/mol. The van der Waals surface area contributed by atoms with Crippen LogP contribution in [0.15, 0.2) is 5.03 Å². The molecule has 2 unspecified atom stereocenters. The van der Waals surface area contributed by atoms with Crippen molar-refractivity contribution in [1.29, 1.82) is 0 Å². The molecule has 1 aromatic rings. The first-order valence-corrected chi connectivity index (χ1v) is 8.72. The van der Waals surface area contributed by atoms with Crippen LogP contribution in [-0.4, -0.2) is 45.6 Å². The molecule has 0 radical (unpaired) electrons. The van der Waals surface area contributed by atoms with Gasteiger partial charge in [-0.3, -0.25) is 0 Å². The van der Waals surface area contributed by atoms with Crippen molar-refractivity contribution in [2.75, 3.05) is 19.8 Å². The molecule has 1 saturated carbocycles. The number of ether oxygens (including phenoxy) is 1. The van der Waals surface area contributed by atoms with Crippen LogP contribution in [0.1, 0.15) is 39.0 Å². The zero-order valence-electron chi connectivity index (χ0n) is 12.0. The fourth-order valence-corrected chi connectivity index (χ4v) is 4.03. The third-order valence-electron chi connectivity index (χ3n) is 3.51. The Balaban J connectivity index is 1.93. The Morgan fingerprint density at radius 1 is 1.37 bits per heavy atom. The molecule has 2 atom stereocenters. The van der Waals surface area contributed by atoms with E-state index in [1.54, 1.807) is 11.8 Å². The van der Waals surface area contributed by atoms with E-state index in [1.807, 2.05) is 0 Å². The molecule has 0 aliphatic heterocycles. The number of thioether (sulfide) groups is 1. The monoisotopic (exact) mass is 301 g/mol. The predicted molar refractivity (Wildman–Crippen MR) is 81.3 cm³/mol. The lowest BCUT2D eigenvalue weighted by atomic mass is 10.2. The van der Waals surface area contributed by atoms with Crippen LogP contribution in [0.3, 0.4) is 0 Å². The van der Waals surface area contributed by atoms with Crippen molar-refractivity contribution < 1.29 is 4.74 Å². The number of aromatic nitrogens is 2. The minimum absolute atomic E-state index is 0.268. The molecule has 0 aromatic carbocycles. The van der Waals surface area contributed by atoms with Crippen LogP contribution in [0.25, 0.3) is 0 Å². The fourth-order valence-electron chi connectivity index (χ4n) is 2.42. The quantitative estimate of drug-likeness (QED) is 0.571. The van der Waals surface area contributed by atoms with Crippen LogP contribution in [0.2, 0.25) is 0 Å². The van der Waals surface area contributed by atoms with E-state index < -0.39 is 0 Å². The smallest absolute Gasteiger partial charge is 0.260 e. The number of likely N-dealkylation sites (N-methyl/N-ethyl adjacent to an activating group) is 1. The first-order valence-electron chi connectivity index (χ1n) is 7.00. The first kappa shape index (κ1) is 15.1. The van der Waals surface area contributed by atoms with E-state index >= 15 is 0 Å². The van der Waals surface area contributed by atoms with Gasteiger partial charge in [0.05, 0.1) is 11.7 Å². The van der Waals surface area contributed by atoms with E-state index in [4.69, 9.17) is 4.74 Å². The van der Waals surface area contributed by atoms with Gasteiger partial charge in [-0.15, -0.1) is 4.37 Å². The summed E-state index contributed by atoms with van der Waals surface area (Å²) in [6.45, 7) is 2.21. The predicted octanol–water partition coefficient (Wildman–Crippen LogP) is 3.29. The van der Waals surface area contributed by atoms with E-state index in [-0.39, 0.29) is 6.10 Å². The molecule has 19 heavy (non-hydrogen) atoms. The van der Waals surface area contributed by atoms with Gasteiger partial charge in [0.15, 0.2) is 5.03 Å². The number of hydrogen-bond acceptors (Lipinski definition) is 6. The van der Waals surface area contributed by atoms with Gasteiger partial charge < -0.3 is 9.64 Å². The second kappa shape index (κ2) is 7.45. The lowest BCUT2D eigenvalue weighted by Gasteiger charge is -2.26. The maximum absolute atomic E-state index is 6.13. The van der Waals surface area contributed by atoms with E-state index in [2.05, 4.69) is 34.7 Å². The normalized spacial score (nSPS) is 23.2. The van der Waals surface area contributed by atoms with Gasteiger partial charge in [-0.2, -0.15) is 4.37 Å². The van der Waals surface area contributed by atoms with E-state index in [0.717, 1.165) is 23.1 Å². The second-order valence-electron chi connectivity index (χ2n) is 5.19. The highest BCUT2D eigenvalue weighted by Crippen LogP contribution is 2.32. The van der Waals surface area contributed by atoms with E-state index in [1.165, 1.54) is 37.4 Å². The highest BCUT2D eigenvalue weighted by molar-refractivity contribution is 7.99. The van der Waals surface area contributed by atoms with Crippen molar-refractivity contribution in [2.45, 2.75) is 56.2 Å². The zero-order chi connectivity index (χ0) is 13.7. The lowest BCUT2D eigenvalue weighted by molar-refractivity contribution is 0.114. The van der Waals surface area contributed by atoms with Crippen LogP contribution >= 0.6 is 23.5 Å². The molecule has 1 heterocycles. The Bertz CT molecular complexity index is 384. The zero-order valence-corrected chi connectivity index (χ0v) is 13.6. The highest BCUT2D eigenvalue weighted by Gasteiger charge is 2.31. The van der Waals surface area contributed by atoms with Gasteiger partial charge in [0.1, 0.15) is 6.10 Å². The van der Waals surface area contributed by atoms with Crippen molar-refractivity contribution in [3.63, 3.8) is 0 Å². The summed E-state index contributed by atoms with van der Waals surface area (Å²) >= 11 is 3.03. The molecular formula is C13H23N3OS2. The number of unbranched alkanes of at least 4 members (excludes halogenated alkanes) is 1. The third-order valence-corrected chi connectivity index (χ3v) is 5.17. The maximum atomic E-state index is 6.13. The molecule has 0 saturated heterocycles. The van der Waals surface area contributed by atoms with Gasteiger partial charge in [0.2, 0.25) is 0 Å². The third kappa shape index (κ3) is 4.07. The molecule has 0 spiro atoms. The lowest BCUT2D eigenvalue weighted by Crippen LogP contribution is -2.38. The minimum Gasteiger partial charge on any atom is -0.470 e. The SMILES string of the molecule is CCCCSc1nsnc1OC1CCCC1N(C)C. The van der Waals surface area contributed by atoms with E-state index in [0.29, 0.717) is 6.04 Å². The molecule has 1 aliphatic rings. The highest BCUT2D eigenvalue weighted by atomic mass is 32.2. The molecule has 4 nitrogen and oxygen atoms in total. The summed E-state index contributed by atoms with van der Waals surface area (Å²) < 4.78 is 14.8. The summed E-state index contributed by atoms with van der Waals surface area (Å²) in [5.41, 5.74) is 0. The van der Waals surface area contributed by atoms with Gasteiger partial charge in [0, 0.05) is 6.04 Å². The maximum Gasteiger partial charge on any atom is 0.260 e. The largest absolute Gasteiger partial charge is 0.470 e. The van der Waals surface area contributed by atoms with E-state index in [9.17, 15) is 0 Å².